The highest BCUT2D eigenvalue weighted by molar-refractivity contribution is 7.22. The third-order valence-electron chi connectivity index (χ3n) is 7.32. The fourth-order valence-electron chi connectivity index (χ4n) is 5.06. The van der Waals surface area contributed by atoms with Gasteiger partial charge in [-0.25, -0.2) is 4.98 Å². The molecule has 10 heteroatoms. The van der Waals surface area contributed by atoms with Crippen molar-refractivity contribution in [3.05, 3.63) is 59.4 Å². The van der Waals surface area contributed by atoms with Crippen LogP contribution >= 0.6 is 11.3 Å². The lowest BCUT2D eigenvalue weighted by atomic mass is 10.0. The van der Waals surface area contributed by atoms with Crippen molar-refractivity contribution in [3.63, 3.8) is 0 Å². The van der Waals surface area contributed by atoms with Gasteiger partial charge in [-0.1, -0.05) is 40.8 Å². The van der Waals surface area contributed by atoms with E-state index in [1.807, 2.05) is 12.1 Å². The van der Waals surface area contributed by atoms with Crippen molar-refractivity contribution in [3.8, 4) is 22.6 Å². The van der Waals surface area contributed by atoms with E-state index >= 15 is 0 Å². The quantitative estimate of drug-likeness (QED) is 0.304. The van der Waals surface area contributed by atoms with Crippen LogP contribution in [0.1, 0.15) is 48.5 Å². The topological polar surface area (TPSA) is 106 Å². The number of thiazole rings is 1. The Kier molecular flexibility index (Phi) is 5.70. The number of H-pyrrole nitrogens is 1. The molecule has 0 atom stereocenters. The zero-order chi connectivity index (χ0) is 24.8. The second-order valence-corrected chi connectivity index (χ2v) is 10.9. The maximum Gasteiger partial charge on any atom is 0.204 e. The Balaban J connectivity index is 1.03. The maximum atomic E-state index is 6.48. The number of nitrogens with zero attached hydrogens (tertiary/aromatic N) is 6. The van der Waals surface area contributed by atoms with Crippen LogP contribution in [-0.4, -0.2) is 50.0 Å². The van der Waals surface area contributed by atoms with E-state index in [2.05, 4.69) is 67.9 Å². The van der Waals surface area contributed by atoms with Crippen LogP contribution in [-0.2, 0) is 11.3 Å². The Hall–Kier alpha value is -3.63. The molecule has 0 unspecified atom stereocenters. The number of ether oxygens (including phenoxy) is 1. The van der Waals surface area contributed by atoms with E-state index in [1.165, 1.54) is 18.4 Å². The number of hydrogen-bond acceptors (Lipinski definition) is 9. The fraction of sp³-hybridized carbons (Fsp3) is 0.370. The lowest BCUT2D eigenvalue weighted by Gasteiger charge is -2.31. The first-order valence-corrected chi connectivity index (χ1v) is 13.6. The smallest absolute Gasteiger partial charge is 0.204 e. The van der Waals surface area contributed by atoms with Gasteiger partial charge in [0.1, 0.15) is 11.5 Å². The Labute approximate surface area is 217 Å². The summed E-state index contributed by atoms with van der Waals surface area (Å²) in [4.78, 5) is 7.25. The minimum absolute atomic E-state index is 0.210. The number of aromatic amines is 1. The molecule has 0 radical (unpaired) electrons. The van der Waals surface area contributed by atoms with Crippen LogP contribution in [0.2, 0.25) is 0 Å². The molecule has 1 saturated carbocycles. The number of tetrazole rings is 1. The molecule has 1 aliphatic carbocycles. The largest absolute Gasteiger partial charge is 0.373 e. The van der Waals surface area contributed by atoms with Crippen LogP contribution in [0.4, 0.5) is 5.13 Å². The number of nitrogens with one attached hydrogen (secondary N) is 1. The van der Waals surface area contributed by atoms with Gasteiger partial charge in [-0.05, 0) is 61.6 Å². The number of aryl methyl sites for hydroxylation is 1. The third-order valence-corrected chi connectivity index (χ3v) is 8.40. The molecule has 1 N–H and O–H groups in total. The minimum atomic E-state index is 0.210. The average Bonchev–Trinajstić information content (AvgIpc) is 3.31. The summed E-state index contributed by atoms with van der Waals surface area (Å²) in [6.45, 7) is 4.51. The summed E-state index contributed by atoms with van der Waals surface area (Å²) < 4.78 is 13.5. The molecule has 5 aromatic rings. The van der Waals surface area contributed by atoms with Crippen LogP contribution < -0.4 is 4.90 Å². The normalized spacial score (nSPS) is 16.6. The van der Waals surface area contributed by atoms with E-state index in [0.717, 1.165) is 69.4 Å². The molecule has 4 heterocycles. The number of hydrogen-bond donors (Lipinski definition) is 1. The average molecular weight is 514 g/mol. The molecule has 2 aliphatic rings. The summed E-state index contributed by atoms with van der Waals surface area (Å²) in [5, 5.41) is 19.9. The summed E-state index contributed by atoms with van der Waals surface area (Å²) in [5.41, 5.74) is 6.33. The van der Waals surface area contributed by atoms with Gasteiger partial charge in [-0.3, -0.25) is 0 Å². The number of piperidine rings is 1. The second-order valence-electron chi connectivity index (χ2n) is 9.87. The van der Waals surface area contributed by atoms with Gasteiger partial charge in [0.15, 0.2) is 5.13 Å². The van der Waals surface area contributed by atoms with E-state index in [4.69, 9.17) is 14.2 Å². The van der Waals surface area contributed by atoms with Gasteiger partial charge in [-0.2, -0.15) is 5.21 Å². The molecule has 0 spiro atoms. The van der Waals surface area contributed by atoms with Crippen LogP contribution in [0.5, 0.6) is 0 Å². The Morgan fingerprint density at radius 2 is 1.97 bits per heavy atom. The fourth-order valence-corrected chi connectivity index (χ4v) is 6.12. The summed E-state index contributed by atoms with van der Waals surface area (Å²) in [6.07, 6.45) is 4.49. The first-order valence-electron chi connectivity index (χ1n) is 12.8. The van der Waals surface area contributed by atoms with E-state index in [1.54, 1.807) is 11.3 Å². The van der Waals surface area contributed by atoms with E-state index in [9.17, 15) is 0 Å². The molecule has 37 heavy (non-hydrogen) atoms. The molecule has 1 aliphatic heterocycles. The summed E-state index contributed by atoms with van der Waals surface area (Å²) in [6, 6.07) is 14.5. The molecular weight excluding hydrogens is 486 g/mol. The van der Waals surface area contributed by atoms with Gasteiger partial charge in [0.25, 0.3) is 0 Å². The molecule has 1 saturated heterocycles. The monoisotopic (exact) mass is 513 g/mol. The highest BCUT2D eigenvalue weighted by Crippen LogP contribution is 2.44. The molecule has 0 bridgehead atoms. The van der Waals surface area contributed by atoms with Gasteiger partial charge < -0.3 is 14.2 Å². The van der Waals surface area contributed by atoms with Crippen molar-refractivity contribution in [2.75, 3.05) is 18.0 Å². The molecular formula is C27H27N7O2S. The van der Waals surface area contributed by atoms with Crippen LogP contribution in [0.25, 0.3) is 32.9 Å². The Morgan fingerprint density at radius 3 is 2.76 bits per heavy atom. The maximum absolute atomic E-state index is 6.48. The van der Waals surface area contributed by atoms with Crippen molar-refractivity contribution < 1.29 is 9.26 Å². The first-order chi connectivity index (χ1) is 18.2. The molecule has 9 nitrogen and oxygen atoms in total. The van der Waals surface area contributed by atoms with Crippen molar-refractivity contribution in [1.29, 1.82) is 0 Å². The van der Waals surface area contributed by atoms with Gasteiger partial charge in [-0.15, -0.1) is 10.2 Å². The van der Waals surface area contributed by atoms with Gasteiger partial charge in [0.05, 0.1) is 22.9 Å². The first kappa shape index (κ1) is 22.6. The van der Waals surface area contributed by atoms with Gasteiger partial charge in [0.2, 0.25) is 5.82 Å². The molecule has 0 amide bonds. The number of fused-ring (bicyclic) bond motifs is 1. The zero-order valence-corrected chi connectivity index (χ0v) is 21.4. The predicted octanol–water partition coefficient (Wildman–Crippen LogP) is 5.50. The SMILES string of the molecule is Cc1ccccc1-c1noc(C2CC2)c1COC1CCN(c2nc3ccc(-c4nn[nH]n4)cc3s2)CC1. The summed E-state index contributed by atoms with van der Waals surface area (Å²) >= 11 is 1.71. The summed E-state index contributed by atoms with van der Waals surface area (Å²) in [7, 11) is 0. The second kappa shape index (κ2) is 9.35. The number of rotatable bonds is 7. The van der Waals surface area contributed by atoms with Crippen LogP contribution in [0, 0.1) is 6.92 Å². The molecule has 3 aromatic heterocycles. The lowest BCUT2D eigenvalue weighted by Crippen LogP contribution is -2.36. The Bertz CT molecular complexity index is 1530. The summed E-state index contributed by atoms with van der Waals surface area (Å²) in [5.74, 6) is 2.11. The van der Waals surface area contributed by atoms with Crippen molar-refractivity contribution in [1.82, 2.24) is 30.8 Å². The van der Waals surface area contributed by atoms with Crippen molar-refractivity contribution in [2.24, 2.45) is 0 Å². The molecule has 2 fully saturated rings. The number of benzene rings is 2. The van der Waals surface area contributed by atoms with Crippen LogP contribution in [0.3, 0.4) is 0 Å². The minimum Gasteiger partial charge on any atom is -0.373 e. The zero-order valence-electron chi connectivity index (χ0n) is 20.6. The highest BCUT2D eigenvalue weighted by Gasteiger charge is 2.33. The number of anilines is 1. The van der Waals surface area contributed by atoms with Gasteiger partial charge in [0, 0.05) is 35.7 Å². The van der Waals surface area contributed by atoms with Gasteiger partial charge >= 0.3 is 0 Å². The molecule has 2 aromatic carbocycles. The van der Waals surface area contributed by atoms with E-state index < -0.39 is 0 Å². The molecule has 7 rings (SSSR count). The lowest BCUT2D eigenvalue weighted by molar-refractivity contribution is 0.0246. The Morgan fingerprint density at radius 1 is 1.11 bits per heavy atom. The third kappa shape index (κ3) is 4.40. The highest BCUT2D eigenvalue weighted by atomic mass is 32.1. The van der Waals surface area contributed by atoms with E-state index in [-0.39, 0.29) is 6.10 Å². The van der Waals surface area contributed by atoms with Crippen LogP contribution in [0.15, 0.2) is 47.0 Å². The number of aromatic nitrogens is 6. The molecule has 188 valence electrons. The predicted molar refractivity (Wildman–Crippen MR) is 141 cm³/mol. The van der Waals surface area contributed by atoms with Crippen molar-refractivity contribution in [2.45, 2.75) is 51.2 Å². The van der Waals surface area contributed by atoms with Crippen molar-refractivity contribution >= 4 is 26.7 Å². The van der Waals surface area contributed by atoms with E-state index in [0.29, 0.717) is 18.3 Å². The standard InChI is InChI=1S/C27H27N7O2S/c1-16-4-2-3-5-20(16)24-21(25(36-31-24)17-6-7-17)15-35-19-10-12-34(13-11-19)27-28-22-9-8-18(14-23(22)37-27)26-29-32-33-30-26/h2-5,8-9,14,17,19H,6-7,10-13,15H2,1H3,(H,29,30,32,33).